The van der Waals surface area contributed by atoms with E-state index in [1.165, 1.54) is 55.4 Å². The summed E-state index contributed by atoms with van der Waals surface area (Å²) in [5.41, 5.74) is 0. The van der Waals surface area contributed by atoms with Gasteiger partial charge in [0.2, 0.25) is 0 Å². The van der Waals surface area contributed by atoms with Crippen LogP contribution < -0.4 is 0 Å². The Kier molecular flexibility index (Phi) is 13.6. The van der Waals surface area contributed by atoms with Crippen molar-refractivity contribution in [2.75, 3.05) is 0 Å². The van der Waals surface area contributed by atoms with Crippen LogP contribution in [0.3, 0.4) is 0 Å². The van der Waals surface area contributed by atoms with Gasteiger partial charge in [-0.25, -0.2) is 0 Å². The number of rotatable bonds is 19. The Balaban J connectivity index is 6.31. The molecule has 0 saturated heterocycles. The summed E-state index contributed by atoms with van der Waals surface area (Å²) in [7, 11) is -7.64. The molecule has 0 fully saturated rings. The minimum atomic E-state index is -7.63. The van der Waals surface area contributed by atoms with Crippen molar-refractivity contribution in [1.82, 2.24) is 0 Å². The highest BCUT2D eigenvalue weighted by atomic mass is 28.4. The standard InChI is InChI=1S/C24H42F12O4Si2/c1-15(2)37-41(9,38-16(3)4)13-11-19(25,26)21(29,30)23(33,34)24(35,36)22(31,32)20(27,28)12-14-42(10,39-17(5)6)40-18(7)8/h15-18H,11-14H2,1-10H3. The van der Waals surface area contributed by atoms with E-state index in [0.717, 1.165) is 13.1 Å². The van der Waals surface area contributed by atoms with Gasteiger partial charge in [-0.15, -0.1) is 0 Å². The molecule has 0 unspecified atom stereocenters. The van der Waals surface area contributed by atoms with Gasteiger partial charge in [0.05, 0.1) is 0 Å². The molecule has 0 aliphatic rings. The van der Waals surface area contributed by atoms with Crippen LogP contribution in [0.15, 0.2) is 0 Å². The average molecular weight is 679 g/mol. The van der Waals surface area contributed by atoms with E-state index in [-0.39, 0.29) is 0 Å². The lowest BCUT2D eigenvalue weighted by Gasteiger charge is -2.42. The van der Waals surface area contributed by atoms with E-state index in [4.69, 9.17) is 17.7 Å². The first kappa shape index (κ1) is 41.4. The molecular weight excluding hydrogens is 636 g/mol. The highest BCUT2D eigenvalue weighted by molar-refractivity contribution is 6.66. The van der Waals surface area contributed by atoms with Gasteiger partial charge in [-0.1, -0.05) is 0 Å². The highest BCUT2D eigenvalue weighted by Gasteiger charge is 2.89. The first-order chi connectivity index (χ1) is 18.3. The van der Waals surface area contributed by atoms with Crippen LogP contribution in [0.5, 0.6) is 0 Å². The second-order valence-electron chi connectivity index (χ2n) is 11.6. The molecule has 0 saturated carbocycles. The van der Waals surface area contributed by atoms with Gasteiger partial charge in [-0.3, -0.25) is 0 Å². The van der Waals surface area contributed by atoms with Crippen LogP contribution in [-0.4, -0.2) is 77.1 Å². The molecule has 0 aromatic heterocycles. The van der Waals surface area contributed by atoms with Crippen molar-refractivity contribution in [2.24, 2.45) is 0 Å². The summed E-state index contributed by atoms with van der Waals surface area (Å²) in [6, 6.07) is -2.29. The fourth-order valence-corrected chi connectivity index (χ4v) is 10.3. The number of hydrogen-bond acceptors (Lipinski definition) is 4. The van der Waals surface area contributed by atoms with Crippen LogP contribution >= 0.6 is 0 Å². The Hall–Kier alpha value is -0.566. The number of alkyl halides is 12. The van der Waals surface area contributed by atoms with Gasteiger partial charge in [0.15, 0.2) is 0 Å². The summed E-state index contributed by atoms with van der Waals surface area (Å²) in [6.07, 6.45) is -7.32. The van der Waals surface area contributed by atoms with Gasteiger partial charge in [0.25, 0.3) is 0 Å². The van der Waals surface area contributed by atoms with Crippen LogP contribution in [-0.2, 0) is 17.7 Å². The van der Waals surface area contributed by atoms with Gasteiger partial charge in [-0.2, -0.15) is 52.7 Å². The molecule has 0 amide bonds. The van der Waals surface area contributed by atoms with Crippen molar-refractivity contribution < 1.29 is 70.4 Å². The second kappa shape index (κ2) is 13.8. The molecule has 0 radical (unpaired) electrons. The van der Waals surface area contributed by atoms with Crippen LogP contribution in [0.1, 0.15) is 68.2 Å². The fourth-order valence-electron chi connectivity index (χ4n) is 4.22. The Bertz CT molecular complexity index is 767. The Morgan fingerprint density at radius 1 is 0.405 bits per heavy atom. The van der Waals surface area contributed by atoms with Crippen LogP contribution in [0.25, 0.3) is 0 Å². The van der Waals surface area contributed by atoms with Gasteiger partial charge >= 0.3 is 52.7 Å². The lowest BCUT2D eigenvalue weighted by atomic mass is 9.90. The first-order valence-electron chi connectivity index (χ1n) is 13.3. The van der Waals surface area contributed by atoms with Crippen molar-refractivity contribution in [1.29, 1.82) is 0 Å². The molecule has 0 aromatic carbocycles. The minimum absolute atomic E-state index is 0.706. The zero-order valence-electron chi connectivity index (χ0n) is 25.3. The van der Waals surface area contributed by atoms with Gasteiger partial charge in [0, 0.05) is 37.3 Å². The van der Waals surface area contributed by atoms with E-state index in [2.05, 4.69) is 0 Å². The summed E-state index contributed by atoms with van der Waals surface area (Å²) in [6.45, 7) is 13.7. The van der Waals surface area contributed by atoms with E-state index >= 15 is 0 Å². The molecule has 18 heteroatoms. The predicted octanol–water partition coefficient (Wildman–Crippen LogP) is 9.42. The number of halogens is 12. The molecular formula is C24H42F12O4Si2. The molecule has 0 heterocycles. The van der Waals surface area contributed by atoms with Gasteiger partial charge in [-0.05, 0) is 80.6 Å². The lowest BCUT2D eigenvalue weighted by molar-refractivity contribution is -0.425. The van der Waals surface area contributed by atoms with Gasteiger partial charge < -0.3 is 17.7 Å². The fraction of sp³-hybridized carbons (Fsp3) is 1.00. The molecule has 4 nitrogen and oxygen atoms in total. The lowest BCUT2D eigenvalue weighted by Crippen LogP contribution is -2.70. The van der Waals surface area contributed by atoms with E-state index in [9.17, 15) is 52.7 Å². The maximum Gasteiger partial charge on any atom is 0.384 e. The highest BCUT2D eigenvalue weighted by Crippen LogP contribution is 2.61. The third kappa shape index (κ3) is 9.47. The smallest absolute Gasteiger partial charge is 0.384 e. The maximum absolute atomic E-state index is 14.6. The SMILES string of the molecule is CC(C)O[Si](C)(CCC(F)(F)C(F)(F)C(F)(F)C(F)(F)C(F)(F)C(F)(F)CC[Si](C)(OC(C)C)OC(C)C)OC(C)C. The zero-order chi connectivity index (χ0) is 34.0. The van der Waals surface area contributed by atoms with Crippen molar-refractivity contribution in [3.05, 3.63) is 0 Å². The maximum atomic E-state index is 14.6. The third-order valence-electron chi connectivity index (χ3n) is 5.83. The first-order valence-corrected chi connectivity index (χ1v) is 18.4. The Morgan fingerprint density at radius 3 is 0.762 bits per heavy atom. The summed E-state index contributed by atoms with van der Waals surface area (Å²) in [4.78, 5) is 0. The van der Waals surface area contributed by atoms with Gasteiger partial charge in [0.1, 0.15) is 0 Å². The normalized spacial score (nSPS) is 15.6. The molecule has 0 rings (SSSR count). The van der Waals surface area contributed by atoms with E-state index in [1.807, 2.05) is 0 Å². The Labute approximate surface area is 241 Å². The molecule has 42 heavy (non-hydrogen) atoms. The molecule has 0 bridgehead atoms. The van der Waals surface area contributed by atoms with Crippen molar-refractivity contribution >= 4 is 17.1 Å². The average Bonchev–Trinajstić information content (AvgIpc) is 2.73. The summed E-state index contributed by atoms with van der Waals surface area (Å²) in [5.74, 6) is -41.8. The minimum Gasteiger partial charge on any atom is -0.392 e. The number of hydrogen-bond donors (Lipinski definition) is 0. The molecule has 0 atom stereocenters. The topological polar surface area (TPSA) is 36.9 Å². The summed E-state index contributed by atoms with van der Waals surface area (Å²) in [5, 5.41) is 0. The van der Waals surface area contributed by atoms with Crippen molar-refractivity contribution in [3.8, 4) is 0 Å². The van der Waals surface area contributed by atoms with Crippen molar-refractivity contribution in [2.45, 2.75) is 153 Å². The zero-order valence-corrected chi connectivity index (χ0v) is 27.3. The third-order valence-corrected chi connectivity index (χ3v) is 12.0. The summed E-state index contributed by atoms with van der Waals surface area (Å²) < 4.78 is 196. The molecule has 0 aliphatic heterocycles. The Morgan fingerprint density at radius 2 is 0.595 bits per heavy atom. The quantitative estimate of drug-likeness (QED) is 0.101. The molecule has 254 valence electrons. The summed E-state index contributed by atoms with van der Waals surface area (Å²) >= 11 is 0. The van der Waals surface area contributed by atoms with Crippen molar-refractivity contribution in [3.63, 3.8) is 0 Å². The molecule has 0 N–H and O–H groups in total. The van der Waals surface area contributed by atoms with Crippen LogP contribution in [0.4, 0.5) is 52.7 Å². The van der Waals surface area contributed by atoms with E-state index in [0.29, 0.717) is 0 Å². The van der Waals surface area contributed by atoms with Crippen LogP contribution in [0, 0.1) is 0 Å². The predicted molar refractivity (Wildman–Crippen MR) is 137 cm³/mol. The second-order valence-corrected chi connectivity index (χ2v) is 18.1. The van der Waals surface area contributed by atoms with E-state index in [1.54, 1.807) is 0 Å². The van der Waals surface area contributed by atoms with Crippen LogP contribution in [0.2, 0.25) is 25.2 Å². The monoisotopic (exact) mass is 678 g/mol. The largest absolute Gasteiger partial charge is 0.392 e. The molecule has 0 aromatic rings. The molecule has 0 spiro atoms. The molecule has 0 aliphatic carbocycles. The van der Waals surface area contributed by atoms with E-state index < -0.39 is 102 Å².